The topological polar surface area (TPSA) is 54.5 Å². The molecule has 0 saturated carbocycles. The van der Waals surface area contributed by atoms with Gasteiger partial charge < -0.3 is 15.0 Å². The molecule has 7 heteroatoms. The Balaban J connectivity index is 1.86. The molecule has 0 aliphatic carbocycles. The fraction of sp³-hybridized carbons (Fsp3) is 0.375. The third-order valence-corrected chi connectivity index (χ3v) is 4.87. The number of aromatic nitrogens is 1. The van der Waals surface area contributed by atoms with Crippen LogP contribution < -0.4 is 10.2 Å². The minimum absolute atomic E-state index is 0.115. The summed E-state index contributed by atoms with van der Waals surface area (Å²) in [5, 5.41) is 4.47. The highest BCUT2D eigenvalue weighted by Gasteiger charge is 2.19. The first-order chi connectivity index (χ1) is 11.1. The van der Waals surface area contributed by atoms with E-state index < -0.39 is 0 Å². The molecule has 0 atom stereocenters. The Bertz CT molecular complexity index is 698. The molecule has 23 heavy (non-hydrogen) atoms. The van der Waals surface area contributed by atoms with Gasteiger partial charge in [-0.1, -0.05) is 35.1 Å². The zero-order valence-corrected chi connectivity index (χ0v) is 14.4. The Labute approximate surface area is 144 Å². The van der Waals surface area contributed by atoms with Crippen LogP contribution in [0.4, 0.5) is 10.9 Å². The van der Waals surface area contributed by atoms with Crippen molar-refractivity contribution in [2.24, 2.45) is 0 Å². The number of hydrogen-bond donors (Lipinski definition) is 1. The van der Waals surface area contributed by atoms with Crippen molar-refractivity contribution in [3.05, 3.63) is 39.7 Å². The number of rotatable bonds is 4. The molecule has 1 fully saturated rings. The number of benzene rings is 1. The Morgan fingerprint density at radius 3 is 2.91 bits per heavy atom. The van der Waals surface area contributed by atoms with Gasteiger partial charge in [0.2, 0.25) is 5.91 Å². The summed E-state index contributed by atoms with van der Waals surface area (Å²) in [7, 11) is 0. The fourth-order valence-corrected chi connectivity index (χ4v) is 3.76. The first-order valence-electron chi connectivity index (χ1n) is 7.46. The van der Waals surface area contributed by atoms with Crippen molar-refractivity contribution in [3.8, 4) is 0 Å². The van der Waals surface area contributed by atoms with Crippen LogP contribution in [0.2, 0.25) is 5.02 Å². The highest BCUT2D eigenvalue weighted by molar-refractivity contribution is 7.16. The number of anilines is 2. The maximum Gasteiger partial charge on any atom is 0.222 e. The van der Waals surface area contributed by atoms with Gasteiger partial charge in [-0.2, -0.15) is 0 Å². The number of nitrogens with one attached hydrogen (secondary N) is 1. The predicted octanol–water partition coefficient (Wildman–Crippen LogP) is 3.18. The summed E-state index contributed by atoms with van der Waals surface area (Å²) in [6.07, 6.45) is 0.693. The number of carbonyl (C=O) groups is 1. The van der Waals surface area contributed by atoms with E-state index in [-0.39, 0.29) is 5.91 Å². The molecular formula is C16H18ClN3O2S. The molecule has 0 bridgehead atoms. The van der Waals surface area contributed by atoms with Crippen LogP contribution >= 0.6 is 22.9 Å². The first kappa shape index (κ1) is 16.2. The highest BCUT2D eigenvalue weighted by Crippen LogP contribution is 2.32. The summed E-state index contributed by atoms with van der Waals surface area (Å²) in [4.78, 5) is 19.3. The third kappa shape index (κ3) is 4.22. The molecule has 1 aliphatic rings. The molecule has 5 nitrogen and oxygen atoms in total. The average molecular weight is 352 g/mol. The summed E-state index contributed by atoms with van der Waals surface area (Å²) in [5.41, 5.74) is 1.10. The van der Waals surface area contributed by atoms with Crippen LogP contribution in [0.25, 0.3) is 0 Å². The number of amides is 1. The van der Waals surface area contributed by atoms with Crippen LogP contribution in [-0.4, -0.2) is 37.2 Å². The lowest BCUT2D eigenvalue weighted by atomic mass is 10.1. The van der Waals surface area contributed by atoms with Gasteiger partial charge in [0.25, 0.3) is 0 Å². The van der Waals surface area contributed by atoms with Gasteiger partial charge >= 0.3 is 0 Å². The second-order valence-corrected chi connectivity index (χ2v) is 6.85. The van der Waals surface area contributed by atoms with Crippen LogP contribution in [0.1, 0.15) is 17.4 Å². The van der Waals surface area contributed by atoms with Crippen molar-refractivity contribution in [1.29, 1.82) is 0 Å². The molecule has 1 amide bonds. The molecule has 122 valence electrons. The number of carbonyl (C=O) groups excluding carboxylic acids is 1. The van der Waals surface area contributed by atoms with Crippen LogP contribution in [-0.2, 0) is 16.0 Å². The molecule has 3 rings (SSSR count). The Kier molecular flexibility index (Phi) is 5.15. The molecule has 0 radical (unpaired) electrons. The summed E-state index contributed by atoms with van der Waals surface area (Å²) in [6, 6.07) is 7.75. The van der Waals surface area contributed by atoms with E-state index >= 15 is 0 Å². The van der Waals surface area contributed by atoms with Gasteiger partial charge in [0.15, 0.2) is 5.13 Å². The minimum Gasteiger partial charge on any atom is -0.378 e. The van der Waals surface area contributed by atoms with Gasteiger partial charge in [0.05, 0.1) is 18.1 Å². The maximum atomic E-state index is 11.5. The smallest absolute Gasteiger partial charge is 0.222 e. The van der Waals surface area contributed by atoms with Gasteiger partial charge in [-0.3, -0.25) is 4.79 Å². The molecule has 1 saturated heterocycles. The standard InChI is InChI=1S/C16H18ClN3O2S/c1-11(21)18-15-14(10-12-3-2-4-13(17)9-12)23-16(19-15)20-5-7-22-8-6-20/h2-4,9H,5-8,10H2,1H3,(H,18,21). The number of ether oxygens (including phenoxy) is 1. The molecule has 1 aromatic carbocycles. The molecule has 2 heterocycles. The number of halogens is 1. The number of nitrogens with zero attached hydrogens (tertiary/aromatic N) is 2. The first-order valence-corrected chi connectivity index (χ1v) is 8.65. The van der Waals surface area contributed by atoms with E-state index in [1.165, 1.54) is 6.92 Å². The van der Waals surface area contributed by atoms with Crippen LogP contribution in [0.5, 0.6) is 0 Å². The van der Waals surface area contributed by atoms with Crippen LogP contribution in [0.3, 0.4) is 0 Å². The van der Waals surface area contributed by atoms with Crippen molar-refractivity contribution >= 4 is 39.8 Å². The van der Waals surface area contributed by atoms with Gasteiger partial charge in [-0.25, -0.2) is 4.98 Å². The van der Waals surface area contributed by atoms with Crippen LogP contribution in [0, 0.1) is 0 Å². The zero-order valence-electron chi connectivity index (χ0n) is 12.8. The average Bonchev–Trinajstić information content (AvgIpc) is 2.90. The molecule has 0 unspecified atom stereocenters. The van der Waals surface area contributed by atoms with Crippen molar-refractivity contribution < 1.29 is 9.53 Å². The van der Waals surface area contributed by atoms with Gasteiger partial charge in [0, 0.05) is 31.5 Å². The third-order valence-electron chi connectivity index (χ3n) is 3.52. The van der Waals surface area contributed by atoms with Gasteiger partial charge in [-0.15, -0.1) is 0 Å². The quantitative estimate of drug-likeness (QED) is 0.919. The monoisotopic (exact) mass is 351 g/mol. The summed E-state index contributed by atoms with van der Waals surface area (Å²) >= 11 is 7.67. The van der Waals surface area contributed by atoms with Crippen molar-refractivity contribution in [2.45, 2.75) is 13.3 Å². The molecule has 2 aromatic rings. The highest BCUT2D eigenvalue weighted by atomic mass is 35.5. The molecule has 0 spiro atoms. The maximum absolute atomic E-state index is 11.5. The van der Waals surface area contributed by atoms with E-state index in [2.05, 4.69) is 15.2 Å². The van der Waals surface area contributed by atoms with Gasteiger partial charge in [0.1, 0.15) is 5.82 Å². The second kappa shape index (κ2) is 7.29. The van der Waals surface area contributed by atoms with E-state index in [0.717, 1.165) is 28.7 Å². The minimum atomic E-state index is -0.115. The van der Waals surface area contributed by atoms with E-state index in [9.17, 15) is 4.79 Å². The molecule has 1 aromatic heterocycles. The SMILES string of the molecule is CC(=O)Nc1nc(N2CCOCC2)sc1Cc1cccc(Cl)c1. The number of hydrogen-bond acceptors (Lipinski definition) is 5. The molecule has 1 aliphatic heterocycles. The Morgan fingerprint density at radius 2 is 2.22 bits per heavy atom. The second-order valence-electron chi connectivity index (χ2n) is 5.36. The molecular weight excluding hydrogens is 334 g/mol. The summed E-state index contributed by atoms with van der Waals surface area (Å²) in [6.45, 7) is 4.56. The van der Waals surface area contributed by atoms with E-state index in [1.54, 1.807) is 11.3 Å². The Morgan fingerprint density at radius 1 is 1.43 bits per heavy atom. The van der Waals surface area contributed by atoms with Crippen LogP contribution in [0.15, 0.2) is 24.3 Å². The van der Waals surface area contributed by atoms with Crippen molar-refractivity contribution in [2.75, 3.05) is 36.5 Å². The summed E-state index contributed by atoms with van der Waals surface area (Å²) in [5.74, 6) is 0.528. The van der Waals surface area contributed by atoms with E-state index in [4.69, 9.17) is 16.3 Å². The number of morpholine rings is 1. The van der Waals surface area contributed by atoms with Crippen molar-refractivity contribution in [3.63, 3.8) is 0 Å². The van der Waals surface area contributed by atoms with Crippen molar-refractivity contribution in [1.82, 2.24) is 4.98 Å². The fourth-order valence-electron chi connectivity index (χ4n) is 2.45. The largest absolute Gasteiger partial charge is 0.378 e. The lowest BCUT2D eigenvalue weighted by molar-refractivity contribution is -0.114. The normalized spacial score (nSPS) is 14.8. The Hall–Kier alpha value is -1.63. The van der Waals surface area contributed by atoms with Gasteiger partial charge in [-0.05, 0) is 17.7 Å². The van der Waals surface area contributed by atoms with E-state index in [0.29, 0.717) is 30.5 Å². The predicted molar refractivity (Wildman–Crippen MR) is 93.7 cm³/mol. The molecule has 1 N–H and O–H groups in total. The number of thiazole rings is 1. The zero-order chi connectivity index (χ0) is 16.2. The lowest BCUT2D eigenvalue weighted by Gasteiger charge is -2.25. The van der Waals surface area contributed by atoms with E-state index in [1.807, 2.05) is 24.3 Å². The lowest BCUT2D eigenvalue weighted by Crippen LogP contribution is -2.36. The summed E-state index contributed by atoms with van der Waals surface area (Å²) < 4.78 is 5.38.